The molecule has 0 atom stereocenters. The van der Waals surface area contributed by atoms with Crippen LogP contribution in [0.15, 0.2) is 35.5 Å². The largest absolute Gasteiger partial charge is 0.497 e. The number of imidazole rings is 1. The van der Waals surface area contributed by atoms with Crippen LogP contribution in [0.25, 0.3) is 0 Å². The van der Waals surface area contributed by atoms with E-state index in [1.165, 1.54) is 11.4 Å². The van der Waals surface area contributed by atoms with E-state index in [0.717, 1.165) is 24.4 Å². The van der Waals surface area contributed by atoms with E-state index in [9.17, 15) is 13.2 Å². The molecule has 0 N–H and O–H groups in total. The van der Waals surface area contributed by atoms with E-state index in [1.807, 2.05) is 4.57 Å². The molecule has 9 heteroatoms. The van der Waals surface area contributed by atoms with Gasteiger partial charge >= 0.3 is 0 Å². The zero-order valence-electron chi connectivity index (χ0n) is 15.9. The number of rotatable bonds is 5. The summed E-state index contributed by atoms with van der Waals surface area (Å²) >= 11 is 0. The van der Waals surface area contributed by atoms with E-state index in [2.05, 4.69) is 4.98 Å². The SMILES string of the molecule is COc1cccc(S(=O)(=O)N2CCCn3cnc(CN4CCCC4=O)c3C2)c1. The van der Waals surface area contributed by atoms with Gasteiger partial charge in [-0.15, -0.1) is 0 Å². The topological polar surface area (TPSA) is 84.7 Å². The predicted octanol–water partition coefficient (Wildman–Crippen LogP) is 1.61. The summed E-state index contributed by atoms with van der Waals surface area (Å²) in [5.74, 6) is 0.644. The molecule has 0 unspecified atom stereocenters. The fraction of sp³-hybridized carbons (Fsp3) is 0.474. The minimum absolute atomic E-state index is 0.135. The minimum Gasteiger partial charge on any atom is -0.497 e. The van der Waals surface area contributed by atoms with Crippen LogP contribution < -0.4 is 4.74 Å². The van der Waals surface area contributed by atoms with Crippen LogP contribution in [0.1, 0.15) is 30.7 Å². The Labute approximate surface area is 164 Å². The maximum Gasteiger partial charge on any atom is 0.243 e. The molecule has 2 aliphatic heterocycles. The van der Waals surface area contributed by atoms with Gasteiger partial charge in [-0.3, -0.25) is 4.79 Å². The number of ether oxygens (including phenoxy) is 1. The average molecular weight is 404 g/mol. The van der Waals surface area contributed by atoms with E-state index < -0.39 is 10.0 Å². The first-order valence-electron chi connectivity index (χ1n) is 9.44. The minimum atomic E-state index is -3.66. The smallest absolute Gasteiger partial charge is 0.243 e. The van der Waals surface area contributed by atoms with Gasteiger partial charge in [-0.2, -0.15) is 4.31 Å². The lowest BCUT2D eigenvalue weighted by Gasteiger charge is -2.21. The molecule has 150 valence electrons. The Morgan fingerprint density at radius 1 is 1.18 bits per heavy atom. The van der Waals surface area contributed by atoms with Crippen LogP contribution in [0.4, 0.5) is 0 Å². The number of carbonyl (C=O) groups excluding carboxylic acids is 1. The molecule has 1 aromatic carbocycles. The zero-order chi connectivity index (χ0) is 19.7. The van der Waals surface area contributed by atoms with Gasteiger partial charge < -0.3 is 14.2 Å². The number of methoxy groups -OCH3 is 1. The second-order valence-electron chi connectivity index (χ2n) is 7.12. The Morgan fingerprint density at radius 3 is 2.79 bits per heavy atom. The number of aryl methyl sites for hydroxylation is 1. The summed E-state index contributed by atoms with van der Waals surface area (Å²) in [7, 11) is -2.15. The number of benzene rings is 1. The van der Waals surface area contributed by atoms with Gasteiger partial charge in [0.15, 0.2) is 0 Å². The molecule has 1 fully saturated rings. The fourth-order valence-electron chi connectivity index (χ4n) is 3.79. The summed E-state index contributed by atoms with van der Waals surface area (Å²) in [6.07, 6.45) is 3.90. The van der Waals surface area contributed by atoms with Crippen molar-refractivity contribution in [1.29, 1.82) is 0 Å². The Morgan fingerprint density at radius 2 is 2.04 bits per heavy atom. The normalized spacial score (nSPS) is 18.2. The molecule has 0 aliphatic carbocycles. The number of amides is 1. The van der Waals surface area contributed by atoms with Gasteiger partial charge in [-0.05, 0) is 25.0 Å². The molecule has 28 heavy (non-hydrogen) atoms. The summed E-state index contributed by atoms with van der Waals surface area (Å²) in [6.45, 7) is 2.56. The highest BCUT2D eigenvalue weighted by Gasteiger charge is 2.30. The maximum atomic E-state index is 13.2. The Hall–Kier alpha value is -2.39. The molecule has 1 amide bonds. The Balaban J connectivity index is 1.62. The zero-order valence-corrected chi connectivity index (χ0v) is 16.7. The number of fused-ring (bicyclic) bond motifs is 1. The number of carbonyl (C=O) groups is 1. The molecule has 0 saturated carbocycles. The summed E-state index contributed by atoms with van der Waals surface area (Å²) in [5, 5.41) is 0. The van der Waals surface area contributed by atoms with E-state index in [4.69, 9.17) is 4.74 Å². The summed E-state index contributed by atoms with van der Waals surface area (Å²) < 4.78 is 35.1. The monoisotopic (exact) mass is 404 g/mol. The Kier molecular flexibility index (Phi) is 5.11. The number of nitrogens with zero attached hydrogens (tertiary/aromatic N) is 4. The number of hydrogen-bond acceptors (Lipinski definition) is 5. The van der Waals surface area contributed by atoms with Crippen molar-refractivity contribution in [3.8, 4) is 5.75 Å². The van der Waals surface area contributed by atoms with Gasteiger partial charge in [0.05, 0.1) is 42.8 Å². The number of sulfonamides is 1. The van der Waals surface area contributed by atoms with Crippen molar-refractivity contribution >= 4 is 15.9 Å². The second kappa shape index (κ2) is 7.56. The molecule has 2 aliphatic rings. The van der Waals surface area contributed by atoms with Crippen LogP contribution in [0.5, 0.6) is 5.75 Å². The van der Waals surface area contributed by atoms with Crippen molar-refractivity contribution in [2.24, 2.45) is 0 Å². The third-order valence-electron chi connectivity index (χ3n) is 5.36. The van der Waals surface area contributed by atoms with Crippen LogP contribution in [0.3, 0.4) is 0 Å². The second-order valence-corrected chi connectivity index (χ2v) is 9.06. The highest BCUT2D eigenvalue weighted by atomic mass is 32.2. The summed E-state index contributed by atoms with van der Waals surface area (Å²) in [6, 6.07) is 6.53. The van der Waals surface area contributed by atoms with Gasteiger partial charge in [-0.25, -0.2) is 13.4 Å². The van der Waals surface area contributed by atoms with Crippen molar-refractivity contribution in [1.82, 2.24) is 18.8 Å². The quantitative estimate of drug-likeness (QED) is 0.756. The number of hydrogen-bond donors (Lipinski definition) is 0. The number of aromatic nitrogens is 2. The average Bonchev–Trinajstić information content (AvgIpc) is 3.20. The van der Waals surface area contributed by atoms with Crippen LogP contribution in [0.2, 0.25) is 0 Å². The lowest BCUT2D eigenvalue weighted by molar-refractivity contribution is -0.128. The number of likely N-dealkylation sites (tertiary alicyclic amines) is 1. The van der Waals surface area contributed by atoms with Gasteiger partial charge in [0.2, 0.25) is 15.9 Å². The van der Waals surface area contributed by atoms with Crippen molar-refractivity contribution in [3.05, 3.63) is 42.0 Å². The van der Waals surface area contributed by atoms with Crippen molar-refractivity contribution in [3.63, 3.8) is 0 Å². The highest BCUT2D eigenvalue weighted by Crippen LogP contribution is 2.26. The first-order valence-corrected chi connectivity index (χ1v) is 10.9. The van der Waals surface area contributed by atoms with Gasteiger partial charge in [0.25, 0.3) is 0 Å². The summed E-state index contributed by atoms with van der Waals surface area (Å²) in [4.78, 5) is 18.5. The molecule has 0 spiro atoms. The van der Waals surface area contributed by atoms with Gasteiger partial charge in [0.1, 0.15) is 5.75 Å². The van der Waals surface area contributed by atoms with Crippen LogP contribution in [-0.4, -0.2) is 53.3 Å². The van der Waals surface area contributed by atoms with E-state index >= 15 is 0 Å². The maximum absolute atomic E-state index is 13.2. The Bertz CT molecular complexity index is 986. The molecule has 3 heterocycles. The fourth-order valence-corrected chi connectivity index (χ4v) is 5.26. The van der Waals surface area contributed by atoms with E-state index in [0.29, 0.717) is 38.2 Å². The molecule has 8 nitrogen and oxygen atoms in total. The van der Waals surface area contributed by atoms with Crippen LogP contribution >= 0.6 is 0 Å². The molecule has 0 radical (unpaired) electrons. The molecule has 1 saturated heterocycles. The first kappa shape index (κ1) is 18.9. The predicted molar refractivity (Wildman–Crippen MR) is 102 cm³/mol. The molecule has 1 aromatic heterocycles. The van der Waals surface area contributed by atoms with E-state index in [1.54, 1.807) is 35.5 Å². The van der Waals surface area contributed by atoms with Crippen molar-refractivity contribution in [2.75, 3.05) is 20.2 Å². The summed E-state index contributed by atoms with van der Waals surface area (Å²) in [5.41, 5.74) is 1.65. The highest BCUT2D eigenvalue weighted by molar-refractivity contribution is 7.89. The van der Waals surface area contributed by atoms with E-state index in [-0.39, 0.29) is 17.3 Å². The third-order valence-corrected chi connectivity index (χ3v) is 7.20. The first-order chi connectivity index (χ1) is 13.5. The lowest BCUT2D eigenvalue weighted by atomic mass is 10.3. The molecular weight excluding hydrogens is 380 g/mol. The lowest BCUT2D eigenvalue weighted by Crippen LogP contribution is -2.32. The van der Waals surface area contributed by atoms with Crippen molar-refractivity contribution < 1.29 is 17.9 Å². The third kappa shape index (κ3) is 3.51. The molecular formula is C19H24N4O4S. The standard InChI is InChI=1S/C19H24N4O4S/c1-27-15-5-2-6-16(11-15)28(25,26)23-10-4-9-22-14-20-17(18(22)13-23)12-21-8-3-7-19(21)24/h2,5-6,11,14H,3-4,7-10,12-13H2,1H3. The molecule has 4 rings (SSSR count). The van der Waals surface area contributed by atoms with Crippen molar-refractivity contribution in [2.45, 2.75) is 43.8 Å². The molecule has 2 aromatic rings. The van der Waals surface area contributed by atoms with Gasteiger partial charge in [-0.1, -0.05) is 6.07 Å². The van der Waals surface area contributed by atoms with Crippen LogP contribution in [-0.2, 0) is 34.5 Å². The molecule has 0 bridgehead atoms. The van der Waals surface area contributed by atoms with Crippen LogP contribution in [0, 0.1) is 0 Å². The van der Waals surface area contributed by atoms with Gasteiger partial charge in [0, 0.05) is 32.1 Å².